The van der Waals surface area contributed by atoms with Crippen LogP contribution in [0.3, 0.4) is 0 Å². The second-order valence-corrected chi connectivity index (χ2v) is 7.64. The first kappa shape index (κ1) is 23.7. The van der Waals surface area contributed by atoms with Crippen molar-refractivity contribution in [2.75, 3.05) is 19.8 Å². The Morgan fingerprint density at radius 2 is 1.66 bits per heavy atom. The molecule has 12 nitrogen and oxygen atoms in total. The highest BCUT2D eigenvalue weighted by Gasteiger charge is 2.51. The van der Waals surface area contributed by atoms with Crippen molar-refractivity contribution in [3.05, 3.63) is 32.6 Å². The largest absolute Gasteiger partial charge is 0.463 e. The number of rotatable bonds is 6. The van der Waals surface area contributed by atoms with E-state index in [1.807, 2.05) is 0 Å². The molecule has 2 fully saturated rings. The van der Waals surface area contributed by atoms with Crippen molar-refractivity contribution in [2.45, 2.75) is 64.1 Å². The van der Waals surface area contributed by atoms with Crippen LogP contribution in [-0.4, -0.2) is 65.6 Å². The Hall–Kier alpha value is -2.99. The Bertz CT molecular complexity index is 977. The van der Waals surface area contributed by atoms with Crippen molar-refractivity contribution in [1.29, 1.82) is 0 Å². The fourth-order valence-corrected chi connectivity index (χ4v) is 3.90. The molecule has 2 unspecified atom stereocenters. The van der Waals surface area contributed by atoms with Crippen molar-refractivity contribution in [3.63, 3.8) is 0 Å². The second kappa shape index (κ2) is 10.1. The molecule has 0 saturated carbocycles. The smallest absolute Gasteiger partial charge is 0.328 e. The third-order valence-electron chi connectivity index (χ3n) is 5.25. The molecule has 0 aromatic carbocycles. The van der Waals surface area contributed by atoms with Crippen LogP contribution in [0.25, 0.3) is 0 Å². The summed E-state index contributed by atoms with van der Waals surface area (Å²) < 4.78 is 28.3. The standard InChI is InChI=1S/C20H26N2O10/c1-10(23)29-9-15-17(30-11(2)24)18(31-12(3)25)16(32-15)14-8-22(20(27)21-19(14)26)13-4-6-28-7-5-13/h8,13,15-18H,4-7,9H2,1-3H3,(H,21,26,27)/t15-,16+,17?,18?/m1/s1. The number of aromatic amines is 1. The molecule has 1 N–H and O–H groups in total. The number of esters is 3. The van der Waals surface area contributed by atoms with Gasteiger partial charge in [-0.1, -0.05) is 0 Å². The number of hydrogen-bond acceptors (Lipinski definition) is 10. The molecule has 2 aliphatic rings. The number of nitrogens with zero attached hydrogens (tertiary/aromatic N) is 1. The molecule has 1 aromatic heterocycles. The van der Waals surface area contributed by atoms with Gasteiger partial charge in [0.25, 0.3) is 5.56 Å². The molecule has 0 radical (unpaired) electrons. The molecule has 4 atom stereocenters. The molecule has 2 aliphatic heterocycles. The lowest BCUT2D eigenvalue weighted by atomic mass is 10.0. The number of hydrogen-bond donors (Lipinski definition) is 1. The second-order valence-electron chi connectivity index (χ2n) is 7.64. The van der Waals surface area contributed by atoms with E-state index in [1.165, 1.54) is 24.6 Å². The summed E-state index contributed by atoms with van der Waals surface area (Å²) in [5.74, 6) is -1.96. The summed E-state index contributed by atoms with van der Waals surface area (Å²) in [7, 11) is 0. The van der Waals surface area contributed by atoms with Gasteiger partial charge in [-0.3, -0.25) is 28.7 Å². The van der Waals surface area contributed by atoms with E-state index in [9.17, 15) is 24.0 Å². The third kappa shape index (κ3) is 5.43. The summed E-state index contributed by atoms with van der Waals surface area (Å²) in [6.45, 7) is 4.18. The highest BCUT2D eigenvalue weighted by Crippen LogP contribution is 2.36. The fourth-order valence-electron chi connectivity index (χ4n) is 3.90. The SMILES string of the molecule is CC(=O)OC[C@H]1O[C@@H](c2cn(C3CCOCC3)c(=O)[nH]c2=O)C(OC(C)=O)C1OC(C)=O. The van der Waals surface area contributed by atoms with Crippen molar-refractivity contribution in [3.8, 4) is 0 Å². The predicted molar refractivity (Wildman–Crippen MR) is 106 cm³/mol. The highest BCUT2D eigenvalue weighted by molar-refractivity contribution is 5.68. The minimum absolute atomic E-state index is 0.0184. The fraction of sp³-hybridized carbons (Fsp3) is 0.650. The summed E-state index contributed by atoms with van der Waals surface area (Å²) in [5.41, 5.74) is -1.29. The molecule has 2 saturated heterocycles. The van der Waals surface area contributed by atoms with E-state index in [-0.39, 0.29) is 18.2 Å². The van der Waals surface area contributed by atoms with Gasteiger partial charge >= 0.3 is 23.6 Å². The van der Waals surface area contributed by atoms with Gasteiger partial charge in [-0.2, -0.15) is 0 Å². The van der Waals surface area contributed by atoms with Crippen molar-refractivity contribution >= 4 is 17.9 Å². The van der Waals surface area contributed by atoms with Gasteiger partial charge in [0.15, 0.2) is 12.2 Å². The van der Waals surface area contributed by atoms with Gasteiger partial charge in [0, 0.05) is 46.2 Å². The lowest BCUT2D eigenvalue weighted by Gasteiger charge is -2.26. The average molecular weight is 454 g/mol. The van der Waals surface area contributed by atoms with Crippen LogP contribution in [0.1, 0.15) is 51.3 Å². The summed E-state index contributed by atoms with van der Waals surface area (Å²) in [4.78, 5) is 62.1. The first-order valence-corrected chi connectivity index (χ1v) is 10.2. The van der Waals surface area contributed by atoms with Gasteiger partial charge in [-0.15, -0.1) is 0 Å². The van der Waals surface area contributed by atoms with Gasteiger partial charge in [0.1, 0.15) is 18.8 Å². The maximum atomic E-state index is 12.7. The molecule has 176 valence electrons. The molecule has 0 aliphatic carbocycles. The average Bonchev–Trinajstić information content (AvgIpc) is 3.03. The first-order chi connectivity index (χ1) is 15.2. The third-order valence-corrected chi connectivity index (χ3v) is 5.25. The van der Waals surface area contributed by atoms with E-state index in [4.69, 9.17) is 23.7 Å². The van der Waals surface area contributed by atoms with Crippen LogP contribution < -0.4 is 11.2 Å². The zero-order chi connectivity index (χ0) is 23.4. The number of nitrogens with one attached hydrogen (secondary N) is 1. The summed E-state index contributed by atoms with van der Waals surface area (Å²) in [6.07, 6.45) is -1.97. The highest BCUT2D eigenvalue weighted by atomic mass is 16.6. The number of H-pyrrole nitrogens is 1. The normalized spacial score (nSPS) is 25.8. The molecular formula is C20H26N2O10. The number of ether oxygens (including phenoxy) is 5. The van der Waals surface area contributed by atoms with E-state index in [2.05, 4.69) is 4.98 Å². The van der Waals surface area contributed by atoms with Crippen molar-refractivity contribution < 1.29 is 38.1 Å². The quantitative estimate of drug-likeness (QED) is 0.450. The molecule has 0 amide bonds. The van der Waals surface area contributed by atoms with Gasteiger partial charge < -0.3 is 23.7 Å². The van der Waals surface area contributed by atoms with Crippen LogP contribution in [-0.2, 0) is 38.1 Å². The zero-order valence-corrected chi connectivity index (χ0v) is 18.0. The molecule has 1 aromatic rings. The number of carbonyl (C=O) groups excluding carboxylic acids is 3. The van der Waals surface area contributed by atoms with Crippen molar-refractivity contribution in [1.82, 2.24) is 9.55 Å². The van der Waals surface area contributed by atoms with E-state index in [1.54, 1.807) is 0 Å². The Labute approximate surface area is 182 Å². The van der Waals surface area contributed by atoms with E-state index in [0.717, 1.165) is 6.92 Å². The lowest BCUT2D eigenvalue weighted by molar-refractivity contribution is -0.165. The molecule has 0 bridgehead atoms. The molecule has 12 heteroatoms. The topological polar surface area (TPSA) is 152 Å². The van der Waals surface area contributed by atoms with Crippen LogP contribution in [0.5, 0.6) is 0 Å². The van der Waals surface area contributed by atoms with Gasteiger partial charge in [-0.05, 0) is 12.8 Å². The number of aromatic nitrogens is 2. The van der Waals surface area contributed by atoms with Crippen LogP contribution >= 0.6 is 0 Å². The minimum atomic E-state index is -1.20. The zero-order valence-electron chi connectivity index (χ0n) is 18.0. The Morgan fingerprint density at radius 1 is 1.03 bits per heavy atom. The van der Waals surface area contributed by atoms with Crippen LogP contribution in [0.4, 0.5) is 0 Å². The molecule has 3 heterocycles. The van der Waals surface area contributed by atoms with E-state index < -0.39 is 53.6 Å². The molecule has 0 spiro atoms. The van der Waals surface area contributed by atoms with Gasteiger partial charge in [0.05, 0.1) is 5.56 Å². The van der Waals surface area contributed by atoms with Crippen LogP contribution in [0, 0.1) is 0 Å². The summed E-state index contributed by atoms with van der Waals surface area (Å²) in [6, 6.07) is -0.193. The monoisotopic (exact) mass is 454 g/mol. The maximum Gasteiger partial charge on any atom is 0.328 e. The number of carbonyl (C=O) groups is 3. The summed E-state index contributed by atoms with van der Waals surface area (Å²) >= 11 is 0. The molecule has 3 rings (SSSR count). The maximum absolute atomic E-state index is 12.7. The van der Waals surface area contributed by atoms with Gasteiger partial charge in [-0.25, -0.2) is 4.79 Å². The van der Waals surface area contributed by atoms with Crippen LogP contribution in [0.15, 0.2) is 15.8 Å². The first-order valence-electron chi connectivity index (χ1n) is 10.2. The van der Waals surface area contributed by atoms with Crippen molar-refractivity contribution in [2.24, 2.45) is 0 Å². The Balaban J connectivity index is 2.01. The predicted octanol–water partition coefficient (Wildman–Crippen LogP) is -0.245. The minimum Gasteiger partial charge on any atom is -0.463 e. The van der Waals surface area contributed by atoms with Gasteiger partial charge in [0.2, 0.25) is 0 Å². The lowest BCUT2D eigenvalue weighted by Crippen LogP contribution is -2.41. The molecular weight excluding hydrogens is 428 g/mol. The Morgan fingerprint density at radius 3 is 2.25 bits per heavy atom. The molecule has 32 heavy (non-hydrogen) atoms. The Kier molecular flexibility index (Phi) is 7.46. The van der Waals surface area contributed by atoms with E-state index >= 15 is 0 Å². The van der Waals surface area contributed by atoms with E-state index in [0.29, 0.717) is 26.1 Å². The van der Waals surface area contributed by atoms with Crippen LogP contribution in [0.2, 0.25) is 0 Å². The summed E-state index contributed by atoms with van der Waals surface area (Å²) in [5, 5.41) is 0.